The van der Waals surface area contributed by atoms with Crippen molar-refractivity contribution in [1.82, 2.24) is 24.9 Å². The number of ether oxygens (including phenoxy) is 1. The molecular formula is C18H27N7O3. The molecule has 10 nitrogen and oxygen atoms in total. The molecule has 2 aromatic rings. The fourth-order valence-electron chi connectivity index (χ4n) is 3.21. The largest absolute Gasteiger partial charge is 0.359 e. The molecular weight excluding hydrogens is 362 g/mol. The number of anilines is 3. The van der Waals surface area contributed by atoms with Gasteiger partial charge in [-0.15, -0.1) is 5.10 Å². The Morgan fingerprint density at radius 1 is 1.36 bits per heavy atom. The average Bonchev–Trinajstić information content (AvgIpc) is 3.00. The minimum atomic E-state index is -0.278. The van der Waals surface area contributed by atoms with Crippen LogP contribution in [0.3, 0.4) is 0 Å². The van der Waals surface area contributed by atoms with E-state index >= 15 is 0 Å². The number of aryl methyl sites for hydroxylation is 2. The van der Waals surface area contributed by atoms with Gasteiger partial charge in [-0.2, -0.15) is 9.78 Å². The van der Waals surface area contributed by atoms with Gasteiger partial charge in [0.25, 0.3) is 5.56 Å². The van der Waals surface area contributed by atoms with E-state index in [1.54, 1.807) is 10.7 Å². The first-order valence-electron chi connectivity index (χ1n) is 9.44. The summed E-state index contributed by atoms with van der Waals surface area (Å²) in [7, 11) is 1.85. The van der Waals surface area contributed by atoms with Crippen molar-refractivity contribution >= 4 is 23.7 Å². The van der Waals surface area contributed by atoms with Gasteiger partial charge in [-0.3, -0.25) is 14.3 Å². The summed E-state index contributed by atoms with van der Waals surface area (Å²) in [6.07, 6.45) is 2.58. The number of hydrogen-bond donors (Lipinski definition) is 2. The highest BCUT2D eigenvalue weighted by molar-refractivity contribution is 5.60. The number of nitrogens with zero attached hydrogens (tertiary/aromatic N) is 5. The minimum Gasteiger partial charge on any atom is -0.359 e. The topological polar surface area (TPSA) is 106 Å². The Balaban J connectivity index is 1.92. The van der Waals surface area contributed by atoms with Gasteiger partial charge in [0.05, 0.1) is 0 Å². The molecule has 1 amide bonds. The van der Waals surface area contributed by atoms with Gasteiger partial charge < -0.3 is 20.3 Å². The molecule has 0 radical (unpaired) electrons. The van der Waals surface area contributed by atoms with E-state index in [1.807, 2.05) is 27.0 Å². The number of nitrogens with one attached hydrogen (secondary N) is 2. The summed E-state index contributed by atoms with van der Waals surface area (Å²) in [5.74, 6) is 1.25. The summed E-state index contributed by atoms with van der Waals surface area (Å²) in [5, 5.41) is 14.8. The van der Waals surface area contributed by atoms with Crippen molar-refractivity contribution in [2.75, 3.05) is 29.9 Å². The number of rotatable bonds is 8. The SMILES string of the molecule is CCOCn1nc(N2CCCC(NC=O)C2)cc(Nc2cc(C)n(C)n2)c1=O. The predicted octanol–water partition coefficient (Wildman–Crippen LogP) is 0.738. The zero-order chi connectivity index (χ0) is 20.1. The smallest absolute Gasteiger partial charge is 0.292 e. The average molecular weight is 389 g/mol. The lowest BCUT2D eigenvalue weighted by Crippen LogP contribution is -2.46. The Bertz CT molecular complexity index is 857. The molecule has 0 saturated carbocycles. The molecule has 1 aliphatic rings. The molecule has 1 unspecified atom stereocenters. The fourth-order valence-corrected chi connectivity index (χ4v) is 3.21. The number of carbonyl (C=O) groups is 1. The summed E-state index contributed by atoms with van der Waals surface area (Å²) in [5.41, 5.74) is 1.08. The molecule has 28 heavy (non-hydrogen) atoms. The van der Waals surface area contributed by atoms with Crippen LogP contribution in [0.4, 0.5) is 17.3 Å². The number of amides is 1. The maximum absolute atomic E-state index is 12.8. The lowest BCUT2D eigenvalue weighted by molar-refractivity contribution is -0.110. The van der Waals surface area contributed by atoms with E-state index in [0.29, 0.717) is 30.5 Å². The fraction of sp³-hybridized carbons (Fsp3) is 0.556. The summed E-state index contributed by atoms with van der Waals surface area (Å²) in [6, 6.07) is 3.67. The second kappa shape index (κ2) is 8.87. The van der Waals surface area contributed by atoms with E-state index in [2.05, 4.69) is 25.7 Å². The van der Waals surface area contributed by atoms with Crippen LogP contribution in [-0.4, -0.2) is 51.7 Å². The maximum Gasteiger partial charge on any atom is 0.292 e. The van der Waals surface area contributed by atoms with Crippen LogP contribution in [0.25, 0.3) is 0 Å². The van der Waals surface area contributed by atoms with Gasteiger partial charge in [0.15, 0.2) is 11.6 Å². The maximum atomic E-state index is 12.8. The highest BCUT2D eigenvalue weighted by Crippen LogP contribution is 2.21. The van der Waals surface area contributed by atoms with Gasteiger partial charge in [-0.1, -0.05) is 0 Å². The number of aromatic nitrogens is 4. The Morgan fingerprint density at radius 3 is 2.86 bits per heavy atom. The Kier molecular flexibility index (Phi) is 6.30. The van der Waals surface area contributed by atoms with E-state index in [1.165, 1.54) is 4.68 Å². The summed E-state index contributed by atoms with van der Waals surface area (Å²) in [6.45, 7) is 5.81. The normalized spacial score (nSPS) is 16.8. The van der Waals surface area contributed by atoms with Gasteiger partial charge in [-0.05, 0) is 26.7 Å². The van der Waals surface area contributed by atoms with E-state index in [0.717, 1.165) is 31.5 Å². The second-order valence-electron chi connectivity index (χ2n) is 6.83. The summed E-state index contributed by atoms with van der Waals surface area (Å²) >= 11 is 0. The van der Waals surface area contributed by atoms with Gasteiger partial charge >= 0.3 is 0 Å². The Morgan fingerprint density at radius 2 is 2.18 bits per heavy atom. The van der Waals surface area contributed by atoms with Crippen molar-refractivity contribution in [3.63, 3.8) is 0 Å². The standard InChI is InChI=1S/C18H27N7O3/c1-4-28-12-25-18(27)15(20-16-8-13(2)23(3)21-16)9-17(22-25)24-7-5-6-14(10-24)19-11-26/h8-9,11,14H,4-7,10,12H2,1-3H3,(H,19,26)(H,20,21). The minimum absolute atomic E-state index is 0.0650. The molecule has 1 atom stereocenters. The molecule has 1 aliphatic heterocycles. The zero-order valence-corrected chi connectivity index (χ0v) is 16.5. The molecule has 0 bridgehead atoms. The Hall–Kier alpha value is -2.88. The molecule has 3 rings (SSSR count). The molecule has 2 N–H and O–H groups in total. The van der Waals surface area contributed by atoms with Gasteiger partial charge in [0, 0.05) is 50.6 Å². The third kappa shape index (κ3) is 4.50. The van der Waals surface area contributed by atoms with E-state index in [9.17, 15) is 9.59 Å². The third-order valence-corrected chi connectivity index (χ3v) is 4.80. The number of carbonyl (C=O) groups excluding carboxylic acids is 1. The molecule has 0 aromatic carbocycles. The summed E-state index contributed by atoms with van der Waals surface area (Å²) < 4.78 is 8.46. The summed E-state index contributed by atoms with van der Waals surface area (Å²) in [4.78, 5) is 25.7. The first-order valence-corrected chi connectivity index (χ1v) is 9.44. The van der Waals surface area contributed by atoms with Crippen LogP contribution in [-0.2, 0) is 23.3 Å². The monoisotopic (exact) mass is 389 g/mol. The van der Waals surface area contributed by atoms with Crippen LogP contribution in [0.15, 0.2) is 16.9 Å². The van der Waals surface area contributed by atoms with E-state index < -0.39 is 0 Å². The second-order valence-corrected chi connectivity index (χ2v) is 6.83. The Labute approximate surface area is 163 Å². The van der Waals surface area contributed by atoms with Crippen molar-refractivity contribution in [1.29, 1.82) is 0 Å². The van der Waals surface area contributed by atoms with Crippen LogP contribution in [0, 0.1) is 6.92 Å². The van der Waals surface area contributed by atoms with Crippen LogP contribution >= 0.6 is 0 Å². The molecule has 3 heterocycles. The molecule has 0 spiro atoms. The lowest BCUT2D eigenvalue weighted by atomic mass is 10.1. The predicted molar refractivity (Wildman–Crippen MR) is 106 cm³/mol. The van der Waals surface area contributed by atoms with Crippen molar-refractivity contribution in [2.24, 2.45) is 7.05 Å². The van der Waals surface area contributed by atoms with Gasteiger partial charge in [0.1, 0.15) is 12.4 Å². The van der Waals surface area contributed by atoms with Crippen molar-refractivity contribution in [2.45, 2.75) is 39.5 Å². The number of piperidine rings is 1. The van der Waals surface area contributed by atoms with Crippen molar-refractivity contribution in [3.05, 3.63) is 28.2 Å². The van der Waals surface area contributed by atoms with Crippen molar-refractivity contribution < 1.29 is 9.53 Å². The third-order valence-electron chi connectivity index (χ3n) is 4.80. The molecule has 152 valence electrons. The van der Waals surface area contributed by atoms with Crippen LogP contribution in [0.5, 0.6) is 0 Å². The van der Waals surface area contributed by atoms with Crippen LogP contribution in [0.2, 0.25) is 0 Å². The van der Waals surface area contributed by atoms with Crippen LogP contribution < -0.4 is 21.1 Å². The number of hydrogen-bond acceptors (Lipinski definition) is 7. The highest BCUT2D eigenvalue weighted by atomic mass is 16.5. The molecule has 10 heteroatoms. The van der Waals surface area contributed by atoms with Crippen molar-refractivity contribution in [3.8, 4) is 0 Å². The van der Waals surface area contributed by atoms with Crippen LogP contribution in [0.1, 0.15) is 25.5 Å². The first kappa shape index (κ1) is 19.9. The van der Waals surface area contributed by atoms with Gasteiger partial charge in [0.2, 0.25) is 6.41 Å². The molecule has 2 aromatic heterocycles. The van der Waals surface area contributed by atoms with E-state index in [4.69, 9.17) is 4.74 Å². The highest BCUT2D eigenvalue weighted by Gasteiger charge is 2.22. The van der Waals surface area contributed by atoms with E-state index in [-0.39, 0.29) is 18.3 Å². The quantitative estimate of drug-likeness (QED) is 0.641. The molecule has 1 fully saturated rings. The molecule has 0 aliphatic carbocycles. The zero-order valence-electron chi connectivity index (χ0n) is 16.5. The molecule has 1 saturated heterocycles. The van der Waals surface area contributed by atoms with Gasteiger partial charge in [-0.25, -0.2) is 0 Å². The lowest BCUT2D eigenvalue weighted by Gasteiger charge is -2.33. The first-order chi connectivity index (χ1) is 13.5.